The molecule has 0 atom stereocenters. The lowest BCUT2D eigenvalue weighted by Gasteiger charge is -2.39. The fraction of sp³-hybridized carbons (Fsp3) is 0.444. The molecule has 2 aromatic rings. The molecule has 1 N–H and O–H groups in total. The summed E-state index contributed by atoms with van der Waals surface area (Å²) in [5, 5.41) is 6.84. The van der Waals surface area contributed by atoms with E-state index < -0.39 is 29.0 Å². The SMILES string of the molecule is [C-]#[N+]c1ncc(NC(=O)C2(n3cc(C)cn3)CCN(C)CC2)cc1C(F)(F)F. The van der Waals surface area contributed by atoms with E-state index in [0.717, 1.165) is 17.8 Å². The number of carbonyl (C=O) groups is 1. The van der Waals surface area contributed by atoms with E-state index in [2.05, 4.69) is 25.1 Å². The zero-order valence-corrected chi connectivity index (χ0v) is 15.4. The first kappa shape index (κ1) is 19.8. The maximum absolute atomic E-state index is 13.2. The summed E-state index contributed by atoms with van der Waals surface area (Å²) < 4.78 is 41.1. The van der Waals surface area contributed by atoms with Crippen LogP contribution in [0, 0.1) is 13.5 Å². The Labute approximate surface area is 160 Å². The fourth-order valence-electron chi connectivity index (χ4n) is 3.27. The van der Waals surface area contributed by atoms with Crippen molar-refractivity contribution in [1.82, 2.24) is 19.7 Å². The molecule has 0 spiro atoms. The molecule has 0 aromatic carbocycles. The molecule has 0 bridgehead atoms. The number of pyridine rings is 1. The second kappa shape index (κ2) is 7.24. The quantitative estimate of drug-likeness (QED) is 0.815. The first-order valence-electron chi connectivity index (χ1n) is 8.62. The van der Waals surface area contributed by atoms with Gasteiger partial charge in [0.15, 0.2) is 0 Å². The molecule has 1 saturated heterocycles. The van der Waals surface area contributed by atoms with E-state index in [1.807, 2.05) is 14.0 Å². The average Bonchev–Trinajstić information content (AvgIpc) is 3.08. The third-order valence-corrected chi connectivity index (χ3v) is 4.92. The maximum Gasteiger partial charge on any atom is 0.409 e. The van der Waals surface area contributed by atoms with Gasteiger partial charge in [-0.1, -0.05) is 6.57 Å². The number of hydrogen-bond donors (Lipinski definition) is 1. The van der Waals surface area contributed by atoms with Crippen molar-refractivity contribution in [3.05, 3.63) is 47.2 Å². The number of carbonyl (C=O) groups excluding carboxylic acids is 1. The number of aryl methyl sites for hydroxylation is 1. The monoisotopic (exact) mass is 392 g/mol. The van der Waals surface area contributed by atoms with Crippen molar-refractivity contribution < 1.29 is 18.0 Å². The molecule has 0 radical (unpaired) electrons. The Balaban J connectivity index is 1.94. The van der Waals surface area contributed by atoms with E-state index in [-0.39, 0.29) is 5.69 Å². The van der Waals surface area contributed by atoms with Crippen molar-refractivity contribution in [3.63, 3.8) is 0 Å². The van der Waals surface area contributed by atoms with Gasteiger partial charge in [-0.2, -0.15) is 18.3 Å². The van der Waals surface area contributed by atoms with Gasteiger partial charge in [-0.3, -0.25) is 9.48 Å². The van der Waals surface area contributed by atoms with Gasteiger partial charge in [0.25, 0.3) is 11.7 Å². The highest BCUT2D eigenvalue weighted by molar-refractivity contribution is 5.96. The van der Waals surface area contributed by atoms with Crippen molar-refractivity contribution in [2.45, 2.75) is 31.5 Å². The number of amides is 1. The van der Waals surface area contributed by atoms with Gasteiger partial charge in [-0.05, 0) is 38.4 Å². The number of alkyl halides is 3. The van der Waals surface area contributed by atoms with Crippen molar-refractivity contribution in [2.75, 3.05) is 25.5 Å². The van der Waals surface area contributed by atoms with Gasteiger partial charge in [0.2, 0.25) is 0 Å². The van der Waals surface area contributed by atoms with Gasteiger partial charge in [0, 0.05) is 19.3 Å². The van der Waals surface area contributed by atoms with E-state index >= 15 is 0 Å². The van der Waals surface area contributed by atoms with Crippen LogP contribution < -0.4 is 5.32 Å². The number of nitrogens with zero attached hydrogens (tertiary/aromatic N) is 5. The molecular weight excluding hydrogens is 373 g/mol. The lowest BCUT2D eigenvalue weighted by Crippen LogP contribution is -2.52. The summed E-state index contributed by atoms with van der Waals surface area (Å²) in [6.45, 7) is 10.0. The van der Waals surface area contributed by atoms with Crippen molar-refractivity contribution >= 4 is 17.4 Å². The molecule has 0 unspecified atom stereocenters. The summed E-state index contributed by atoms with van der Waals surface area (Å²) in [6.07, 6.45) is 0.662. The lowest BCUT2D eigenvalue weighted by molar-refractivity contribution is -0.137. The van der Waals surface area contributed by atoms with Gasteiger partial charge in [-0.25, -0.2) is 0 Å². The second-order valence-corrected chi connectivity index (χ2v) is 6.96. The van der Waals surface area contributed by atoms with Crippen molar-refractivity contribution in [1.29, 1.82) is 0 Å². The molecule has 1 aliphatic rings. The average molecular weight is 392 g/mol. The molecule has 28 heavy (non-hydrogen) atoms. The normalized spacial score (nSPS) is 17.1. The van der Waals surface area contributed by atoms with E-state index in [9.17, 15) is 18.0 Å². The van der Waals surface area contributed by atoms with Crippen LogP contribution in [0.1, 0.15) is 24.0 Å². The summed E-state index contributed by atoms with van der Waals surface area (Å²) >= 11 is 0. The molecule has 0 saturated carbocycles. The third-order valence-electron chi connectivity index (χ3n) is 4.92. The van der Waals surface area contributed by atoms with Gasteiger partial charge < -0.3 is 15.1 Å². The summed E-state index contributed by atoms with van der Waals surface area (Å²) in [4.78, 5) is 21.6. The van der Waals surface area contributed by atoms with E-state index in [1.54, 1.807) is 17.1 Å². The number of piperidine rings is 1. The summed E-state index contributed by atoms with van der Waals surface area (Å²) in [5.74, 6) is -1.20. The summed E-state index contributed by atoms with van der Waals surface area (Å²) in [6, 6.07) is 0.745. The molecule has 3 rings (SSSR count). The Morgan fingerprint density at radius 3 is 2.54 bits per heavy atom. The minimum absolute atomic E-state index is 0.105. The lowest BCUT2D eigenvalue weighted by atomic mass is 9.86. The molecular formula is C18H19F3N6O. The first-order valence-corrected chi connectivity index (χ1v) is 8.62. The molecule has 10 heteroatoms. The largest absolute Gasteiger partial charge is 0.409 e. The van der Waals surface area contributed by atoms with E-state index in [4.69, 9.17) is 6.57 Å². The number of halogens is 3. The maximum atomic E-state index is 13.2. The van der Waals surface area contributed by atoms with Crippen LogP contribution in [0.25, 0.3) is 4.85 Å². The zero-order valence-electron chi connectivity index (χ0n) is 15.4. The highest BCUT2D eigenvalue weighted by Crippen LogP contribution is 2.37. The first-order chi connectivity index (χ1) is 13.2. The predicted octanol–water partition coefficient (Wildman–Crippen LogP) is 3.22. The van der Waals surface area contributed by atoms with E-state index in [0.29, 0.717) is 25.9 Å². The highest BCUT2D eigenvalue weighted by atomic mass is 19.4. The molecule has 3 heterocycles. The van der Waals surface area contributed by atoms with Crippen LogP contribution >= 0.6 is 0 Å². The Morgan fingerprint density at radius 2 is 2.00 bits per heavy atom. The smallest absolute Gasteiger partial charge is 0.360 e. The fourth-order valence-corrected chi connectivity index (χ4v) is 3.27. The summed E-state index contributed by atoms with van der Waals surface area (Å²) in [7, 11) is 1.94. The van der Waals surface area contributed by atoms with Crippen LogP contribution in [0.4, 0.5) is 24.7 Å². The molecule has 1 fully saturated rings. The van der Waals surface area contributed by atoms with Crippen molar-refractivity contribution in [3.8, 4) is 0 Å². The Bertz CT molecular complexity index is 922. The number of aromatic nitrogens is 3. The minimum Gasteiger partial charge on any atom is -0.360 e. The Kier molecular flexibility index (Phi) is 5.12. The van der Waals surface area contributed by atoms with Crippen LogP contribution in [0.3, 0.4) is 0 Å². The third kappa shape index (κ3) is 3.71. The number of rotatable bonds is 3. The van der Waals surface area contributed by atoms with Gasteiger partial charge in [0.05, 0.1) is 17.4 Å². The zero-order chi connectivity index (χ0) is 20.5. The molecule has 1 aliphatic heterocycles. The van der Waals surface area contributed by atoms with Gasteiger partial charge in [-0.15, -0.1) is 4.98 Å². The predicted molar refractivity (Wildman–Crippen MR) is 95.8 cm³/mol. The number of likely N-dealkylation sites (tertiary alicyclic amines) is 1. The molecule has 1 amide bonds. The Hall–Kier alpha value is -2.93. The van der Waals surface area contributed by atoms with Crippen molar-refractivity contribution in [2.24, 2.45) is 0 Å². The molecule has 0 aliphatic carbocycles. The topological polar surface area (TPSA) is 67.4 Å². The summed E-state index contributed by atoms with van der Waals surface area (Å²) in [5.41, 5.74) is -1.40. The van der Waals surface area contributed by atoms with E-state index in [1.165, 1.54) is 0 Å². The van der Waals surface area contributed by atoms with Gasteiger partial charge in [0.1, 0.15) is 11.7 Å². The number of hydrogen-bond acceptors (Lipinski definition) is 4. The number of anilines is 1. The standard InChI is InChI=1S/C18H19F3N6O/c1-12-9-24-27(11-12)17(4-6-26(3)7-5-17)16(28)25-13-8-14(18(19,20)21)15(22-2)23-10-13/h8-11H,4-7H2,1,3H3,(H,25,28). The number of nitrogens with one attached hydrogen (secondary N) is 1. The van der Waals surface area contributed by atoms with Crippen LogP contribution in [0.15, 0.2) is 24.7 Å². The molecule has 148 valence electrons. The minimum atomic E-state index is -4.74. The Morgan fingerprint density at radius 1 is 1.32 bits per heavy atom. The highest BCUT2D eigenvalue weighted by Gasteiger charge is 2.44. The molecule has 2 aromatic heterocycles. The van der Waals surface area contributed by atoms with Crippen LogP contribution in [0.5, 0.6) is 0 Å². The van der Waals surface area contributed by atoms with Crippen LogP contribution in [-0.2, 0) is 16.5 Å². The van der Waals surface area contributed by atoms with Gasteiger partial charge >= 0.3 is 6.18 Å². The second-order valence-electron chi connectivity index (χ2n) is 6.96. The van der Waals surface area contributed by atoms with Crippen LogP contribution in [-0.4, -0.2) is 45.7 Å². The van der Waals surface area contributed by atoms with Crippen LogP contribution in [0.2, 0.25) is 0 Å². The molecule has 7 nitrogen and oxygen atoms in total.